The number of nitro groups is 1. The Bertz CT molecular complexity index is 530. The second kappa shape index (κ2) is 5.70. The Morgan fingerprint density at radius 3 is 2.65 bits per heavy atom. The van der Waals surface area contributed by atoms with Crippen LogP contribution in [-0.4, -0.2) is 31.1 Å². The van der Waals surface area contributed by atoms with Crippen molar-refractivity contribution >= 4 is 38.9 Å². The summed E-state index contributed by atoms with van der Waals surface area (Å²) in [5.74, 6) is 0.237. The van der Waals surface area contributed by atoms with Crippen molar-refractivity contribution in [2.75, 3.05) is 17.8 Å². The summed E-state index contributed by atoms with van der Waals surface area (Å²) in [7, 11) is -3.06. The molecule has 0 bridgehead atoms. The first-order valence-corrected chi connectivity index (χ1v) is 7.97. The molecule has 0 saturated carbocycles. The average Bonchev–Trinajstić information content (AvgIpc) is 2.14. The summed E-state index contributed by atoms with van der Waals surface area (Å²) in [6, 6.07) is 4.58. The first kappa shape index (κ1) is 14.3. The molecule has 0 aliphatic rings. The average molecular weight is 296 g/mol. The zero-order valence-corrected chi connectivity index (χ0v) is 11.3. The lowest BCUT2D eigenvalue weighted by Gasteiger charge is -2.03. The molecular formula is C9H10ClNO4S2. The monoisotopic (exact) mass is 295 g/mol. The number of thioether (sulfide) groups is 1. The van der Waals surface area contributed by atoms with Crippen LogP contribution >= 0.6 is 23.4 Å². The highest BCUT2D eigenvalue weighted by Crippen LogP contribution is 2.34. The van der Waals surface area contributed by atoms with Crippen molar-refractivity contribution in [3.8, 4) is 0 Å². The van der Waals surface area contributed by atoms with Gasteiger partial charge in [-0.05, 0) is 12.1 Å². The van der Waals surface area contributed by atoms with Crippen molar-refractivity contribution < 1.29 is 13.3 Å². The van der Waals surface area contributed by atoms with Crippen LogP contribution in [0.3, 0.4) is 0 Å². The molecule has 94 valence electrons. The molecule has 0 saturated heterocycles. The second-order valence-electron chi connectivity index (χ2n) is 3.32. The minimum absolute atomic E-state index is 0.0265. The maximum absolute atomic E-state index is 10.9. The number of nitro benzene ring substituents is 1. The SMILES string of the molecule is CS(=O)(=O)CCSc1cccc(Cl)c1[N+](=O)[O-]. The molecule has 17 heavy (non-hydrogen) atoms. The second-order valence-corrected chi connectivity index (χ2v) is 7.13. The number of rotatable bonds is 5. The van der Waals surface area contributed by atoms with Gasteiger partial charge >= 0.3 is 5.69 Å². The van der Waals surface area contributed by atoms with Crippen LogP contribution < -0.4 is 0 Å². The lowest BCUT2D eigenvalue weighted by Crippen LogP contribution is -2.05. The van der Waals surface area contributed by atoms with E-state index in [1.54, 1.807) is 12.1 Å². The van der Waals surface area contributed by atoms with Gasteiger partial charge < -0.3 is 0 Å². The lowest BCUT2D eigenvalue weighted by atomic mass is 10.3. The van der Waals surface area contributed by atoms with Gasteiger partial charge in [-0.2, -0.15) is 0 Å². The molecule has 0 fully saturated rings. The summed E-state index contributed by atoms with van der Waals surface area (Å²) in [5, 5.41) is 10.8. The third-order valence-electron chi connectivity index (χ3n) is 1.84. The zero-order valence-electron chi connectivity index (χ0n) is 8.92. The highest BCUT2D eigenvalue weighted by Gasteiger charge is 2.18. The van der Waals surface area contributed by atoms with Crippen LogP contribution in [0.5, 0.6) is 0 Å². The molecule has 0 unspecified atom stereocenters. The summed E-state index contributed by atoms with van der Waals surface area (Å²) < 4.78 is 21.9. The van der Waals surface area contributed by atoms with E-state index < -0.39 is 14.8 Å². The summed E-state index contributed by atoms with van der Waals surface area (Å²) in [6.45, 7) is 0. The fraction of sp³-hybridized carbons (Fsp3) is 0.333. The van der Waals surface area contributed by atoms with Crippen LogP contribution in [0.15, 0.2) is 23.1 Å². The number of para-hydroxylation sites is 1. The van der Waals surface area contributed by atoms with Gasteiger partial charge in [0.05, 0.1) is 15.6 Å². The third kappa shape index (κ3) is 4.53. The van der Waals surface area contributed by atoms with Gasteiger partial charge in [0.2, 0.25) is 0 Å². The van der Waals surface area contributed by atoms with E-state index in [9.17, 15) is 18.5 Å². The molecule has 5 nitrogen and oxygen atoms in total. The van der Waals surface area contributed by atoms with E-state index in [-0.39, 0.29) is 22.2 Å². The standard InChI is InChI=1S/C9H10ClNO4S2/c1-17(14,15)6-5-16-8-4-2-3-7(10)9(8)11(12)13/h2-4H,5-6H2,1H3. The topological polar surface area (TPSA) is 77.3 Å². The highest BCUT2D eigenvalue weighted by molar-refractivity contribution is 8.00. The van der Waals surface area contributed by atoms with E-state index in [2.05, 4.69) is 0 Å². The van der Waals surface area contributed by atoms with E-state index in [4.69, 9.17) is 11.6 Å². The molecule has 0 atom stereocenters. The van der Waals surface area contributed by atoms with Gasteiger partial charge in [-0.15, -0.1) is 11.8 Å². The molecule has 0 aliphatic carbocycles. The van der Waals surface area contributed by atoms with Crippen molar-refractivity contribution in [2.24, 2.45) is 0 Å². The molecule has 0 aromatic heterocycles. The van der Waals surface area contributed by atoms with Crippen molar-refractivity contribution in [3.05, 3.63) is 33.3 Å². The van der Waals surface area contributed by atoms with Crippen molar-refractivity contribution in [1.29, 1.82) is 0 Å². The molecule has 1 rings (SSSR count). The van der Waals surface area contributed by atoms with Gasteiger partial charge in [-0.3, -0.25) is 10.1 Å². The maximum Gasteiger partial charge on any atom is 0.301 e. The molecule has 1 aromatic carbocycles. The summed E-state index contributed by atoms with van der Waals surface area (Å²) >= 11 is 6.83. The van der Waals surface area contributed by atoms with Crippen LogP contribution in [0.25, 0.3) is 0 Å². The van der Waals surface area contributed by atoms with Crippen LogP contribution in [0, 0.1) is 10.1 Å². The van der Waals surface area contributed by atoms with Crippen LogP contribution in [0.2, 0.25) is 5.02 Å². The van der Waals surface area contributed by atoms with Crippen molar-refractivity contribution in [1.82, 2.24) is 0 Å². The lowest BCUT2D eigenvalue weighted by molar-refractivity contribution is -0.387. The van der Waals surface area contributed by atoms with Gasteiger partial charge in [0.15, 0.2) is 0 Å². The number of hydrogen-bond acceptors (Lipinski definition) is 5. The predicted octanol–water partition coefficient (Wildman–Crippen LogP) is 2.38. The Balaban J connectivity index is 2.85. The normalized spacial score (nSPS) is 11.4. The molecule has 8 heteroatoms. The number of sulfone groups is 1. The Labute approximate surface area is 108 Å². The van der Waals surface area contributed by atoms with Crippen molar-refractivity contribution in [3.63, 3.8) is 0 Å². The van der Waals surface area contributed by atoms with Crippen molar-refractivity contribution in [2.45, 2.75) is 4.90 Å². The number of halogens is 1. The first-order valence-electron chi connectivity index (χ1n) is 4.54. The fourth-order valence-electron chi connectivity index (χ4n) is 1.09. The quantitative estimate of drug-likeness (QED) is 0.473. The molecule has 0 heterocycles. The molecule has 0 amide bonds. The molecule has 0 radical (unpaired) electrons. The number of nitrogens with zero attached hydrogens (tertiary/aromatic N) is 1. The van der Waals surface area contributed by atoms with E-state index in [0.717, 1.165) is 18.0 Å². The van der Waals surface area contributed by atoms with E-state index in [0.29, 0.717) is 4.90 Å². The highest BCUT2D eigenvalue weighted by atomic mass is 35.5. The smallest absolute Gasteiger partial charge is 0.258 e. The third-order valence-corrected chi connectivity index (χ3v) is 4.40. The minimum atomic E-state index is -3.06. The van der Waals surface area contributed by atoms with Crippen LogP contribution in [0.4, 0.5) is 5.69 Å². The van der Waals surface area contributed by atoms with Gasteiger partial charge in [0, 0.05) is 12.0 Å². The Morgan fingerprint density at radius 1 is 1.47 bits per heavy atom. The maximum atomic E-state index is 10.9. The fourth-order valence-corrected chi connectivity index (χ4v) is 3.65. The molecule has 0 N–H and O–H groups in total. The molecule has 1 aromatic rings. The summed E-state index contributed by atoms with van der Waals surface area (Å²) in [6.07, 6.45) is 1.12. The largest absolute Gasteiger partial charge is 0.301 e. The first-order chi connectivity index (χ1) is 7.81. The van der Waals surface area contributed by atoms with E-state index >= 15 is 0 Å². The Kier molecular flexibility index (Phi) is 4.79. The van der Waals surface area contributed by atoms with Crippen LogP contribution in [-0.2, 0) is 9.84 Å². The molecule has 0 aliphatic heterocycles. The zero-order chi connectivity index (χ0) is 13.1. The van der Waals surface area contributed by atoms with Crippen LogP contribution in [0.1, 0.15) is 0 Å². The number of benzene rings is 1. The summed E-state index contributed by atoms with van der Waals surface area (Å²) in [5.41, 5.74) is -0.173. The number of hydrogen-bond donors (Lipinski definition) is 0. The van der Waals surface area contributed by atoms with Gasteiger partial charge in [0.25, 0.3) is 0 Å². The molecule has 0 spiro atoms. The Hall–Kier alpha value is -0.790. The van der Waals surface area contributed by atoms with Gasteiger partial charge in [-0.1, -0.05) is 17.7 Å². The summed E-state index contributed by atoms with van der Waals surface area (Å²) in [4.78, 5) is 10.6. The van der Waals surface area contributed by atoms with Gasteiger partial charge in [-0.25, -0.2) is 8.42 Å². The minimum Gasteiger partial charge on any atom is -0.258 e. The Morgan fingerprint density at radius 2 is 2.12 bits per heavy atom. The molecular weight excluding hydrogens is 286 g/mol. The predicted molar refractivity (Wildman–Crippen MR) is 68.5 cm³/mol. The van der Waals surface area contributed by atoms with E-state index in [1.165, 1.54) is 6.07 Å². The van der Waals surface area contributed by atoms with E-state index in [1.807, 2.05) is 0 Å². The van der Waals surface area contributed by atoms with Gasteiger partial charge in [0.1, 0.15) is 14.9 Å².